The molecule has 0 atom stereocenters. The summed E-state index contributed by atoms with van der Waals surface area (Å²) in [5, 5.41) is 13.2. The molecule has 3 aliphatic rings. The quantitative estimate of drug-likeness (QED) is 0.568. The van der Waals surface area contributed by atoms with Crippen LogP contribution in [-0.2, 0) is 19.8 Å². The maximum Gasteiger partial charge on any atom is 0.416 e. The van der Waals surface area contributed by atoms with Crippen LogP contribution in [0, 0.1) is 11.8 Å². The summed E-state index contributed by atoms with van der Waals surface area (Å²) in [5.41, 5.74) is 6.51. The minimum Gasteiger partial charge on any atom is -0.469 e. The van der Waals surface area contributed by atoms with Crippen molar-refractivity contribution in [3.8, 4) is 5.88 Å². The summed E-state index contributed by atoms with van der Waals surface area (Å²) in [6, 6.07) is 2.15. The van der Waals surface area contributed by atoms with Crippen LogP contribution in [0.15, 0.2) is 35.2 Å². The SMILES string of the molecule is Cn1c(COc2cc(C(F)(F)F)ccn2)nnc1C1CCC(C2=C/[N+](=C\C3CCC(N)CC3)N=C2)CC1. The fourth-order valence-electron chi connectivity index (χ4n) is 5.50. The van der Waals surface area contributed by atoms with Crippen molar-refractivity contribution in [2.75, 3.05) is 0 Å². The first-order valence-electron chi connectivity index (χ1n) is 12.9. The highest BCUT2D eigenvalue weighted by Gasteiger charge is 2.32. The molecule has 0 saturated heterocycles. The number of allylic oxidation sites excluding steroid dienone is 1. The van der Waals surface area contributed by atoms with Crippen molar-refractivity contribution in [1.82, 2.24) is 19.7 Å². The van der Waals surface area contributed by atoms with Crippen LogP contribution in [0.1, 0.15) is 74.5 Å². The number of ether oxygens (including phenoxy) is 1. The Balaban J connectivity index is 1.15. The van der Waals surface area contributed by atoms with Crippen molar-refractivity contribution in [3.63, 3.8) is 0 Å². The van der Waals surface area contributed by atoms with Crippen LogP contribution < -0.4 is 10.5 Å². The first kappa shape index (κ1) is 25.6. The minimum absolute atomic E-state index is 0.00420. The van der Waals surface area contributed by atoms with Crippen LogP contribution in [0.2, 0.25) is 0 Å². The van der Waals surface area contributed by atoms with Crippen molar-refractivity contribution in [2.24, 2.45) is 29.7 Å². The molecule has 0 bridgehead atoms. The van der Waals surface area contributed by atoms with Crippen molar-refractivity contribution in [1.29, 1.82) is 0 Å². The van der Waals surface area contributed by atoms with Gasteiger partial charge in [0.25, 0.3) is 0 Å². The maximum absolute atomic E-state index is 12.9. The molecular weight excluding hydrogens is 483 g/mol. The van der Waals surface area contributed by atoms with Crippen LogP contribution >= 0.6 is 0 Å². The second kappa shape index (κ2) is 10.7. The van der Waals surface area contributed by atoms with Gasteiger partial charge in [-0.05, 0) is 68.5 Å². The van der Waals surface area contributed by atoms with Gasteiger partial charge in [-0.15, -0.1) is 10.2 Å². The lowest BCUT2D eigenvalue weighted by Gasteiger charge is -2.27. The van der Waals surface area contributed by atoms with E-state index in [1.54, 1.807) is 0 Å². The zero-order valence-electron chi connectivity index (χ0n) is 20.9. The number of alkyl halides is 3. The van der Waals surface area contributed by atoms with Gasteiger partial charge in [0.1, 0.15) is 18.6 Å². The first-order chi connectivity index (χ1) is 17.8. The zero-order chi connectivity index (χ0) is 26.0. The predicted octanol–water partition coefficient (Wildman–Crippen LogP) is 4.57. The minimum atomic E-state index is -4.45. The van der Waals surface area contributed by atoms with Crippen LogP contribution in [0.4, 0.5) is 13.2 Å². The van der Waals surface area contributed by atoms with Gasteiger partial charge >= 0.3 is 6.18 Å². The van der Waals surface area contributed by atoms with Gasteiger partial charge in [0.05, 0.1) is 5.56 Å². The molecule has 5 rings (SSSR count). The summed E-state index contributed by atoms with van der Waals surface area (Å²) >= 11 is 0. The molecule has 0 spiro atoms. The molecule has 2 aromatic heterocycles. The summed E-state index contributed by atoms with van der Waals surface area (Å²) < 4.78 is 48.2. The van der Waals surface area contributed by atoms with Gasteiger partial charge in [0.2, 0.25) is 12.1 Å². The average Bonchev–Trinajstić information content (AvgIpc) is 3.50. The topological polar surface area (TPSA) is 94.2 Å². The van der Waals surface area contributed by atoms with Crippen LogP contribution in [0.5, 0.6) is 5.88 Å². The van der Waals surface area contributed by atoms with E-state index >= 15 is 0 Å². The molecule has 2 saturated carbocycles. The number of hydrogen-bond acceptors (Lipinski definition) is 6. The third-order valence-corrected chi connectivity index (χ3v) is 7.78. The lowest BCUT2D eigenvalue weighted by atomic mass is 9.78. The van der Waals surface area contributed by atoms with E-state index in [4.69, 9.17) is 10.5 Å². The van der Waals surface area contributed by atoms with E-state index in [9.17, 15) is 13.2 Å². The molecule has 2 N–H and O–H groups in total. The van der Waals surface area contributed by atoms with Gasteiger partial charge in [-0.3, -0.25) is 0 Å². The molecular formula is C26H33F3N7O+. The van der Waals surface area contributed by atoms with E-state index < -0.39 is 11.7 Å². The van der Waals surface area contributed by atoms with E-state index in [0.717, 1.165) is 75.5 Å². The summed E-state index contributed by atoms with van der Waals surface area (Å²) in [6.07, 6.45) is 11.5. The molecule has 0 amide bonds. The number of hydrogen-bond donors (Lipinski definition) is 1. The Morgan fingerprint density at radius 2 is 1.81 bits per heavy atom. The van der Waals surface area contributed by atoms with Crippen molar-refractivity contribution in [3.05, 3.63) is 47.3 Å². The van der Waals surface area contributed by atoms with E-state index in [1.165, 1.54) is 5.57 Å². The molecule has 0 radical (unpaired) electrons. The van der Waals surface area contributed by atoms with Crippen molar-refractivity contribution < 1.29 is 22.6 Å². The zero-order valence-corrected chi connectivity index (χ0v) is 20.9. The van der Waals surface area contributed by atoms with Gasteiger partial charge in [-0.2, -0.15) is 13.2 Å². The fraction of sp³-hybridized carbons (Fsp3) is 0.577. The van der Waals surface area contributed by atoms with Gasteiger partial charge in [0, 0.05) is 42.8 Å². The van der Waals surface area contributed by atoms with E-state index in [2.05, 4.69) is 32.7 Å². The number of pyridine rings is 1. The van der Waals surface area contributed by atoms with Crippen LogP contribution in [0.25, 0.3) is 0 Å². The molecule has 8 nitrogen and oxygen atoms in total. The molecule has 0 unspecified atom stereocenters. The smallest absolute Gasteiger partial charge is 0.416 e. The molecule has 1 aliphatic heterocycles. The summed E-state index contributed by atoms with van der Waals surface area (Å²) in [5.74, 6) is 2.64. The third kappa shape index (κ3) is 6.08. The molecule has 2 aromatic rings. The predicted molar refractivity (Wildman–Crippen MR) is 132 cm³/mol. The number of nitrogens with zero attached hydrogens (tertiary/aromatic N) is 6. The lowest BCUT2D eigenvalue weighted by Crippen LogP contribution is -2.27. The number of aromatic nitrogens is 4. The standard InChI is InChI=1S/C26H33F3N7O/c1-35-23(16-37-24-12-21(10-11-31-24)26(27,28)29)33-34-25(35)19-6-4-18(5-7-19)20-13-32-36(15-20)14-17-2-8-22(30)9-3-17/h10-15,17-19,22H,2-9,16,30H2,1H3/q+1/b36-14+. The van der Waals surface area contributed by atoms with Gasteiger partial charge in [-0.25, -0.2) is 4.98 Å². The molecule has 198 valence electrons. The number of halogens is 3. The highest BCUT2D eigenvalue weighted by Crippen LogP contribution is 2.38. The van der Waals surface area contributed by atoms with Gasteiger partial charge in [0.15, 0.2) is 12.0 Å². The van der Waals surface area contributed by atoms with Crippen molar-refractivity contribution >= 4 is 12.4 Å². The fourth-order valence-corrected chi connectivity index (χ4v) is 5.50. The molecule has 37 heavy (non-hydrogen) atoms. The Kier molecular flexibility index (Phi) is 7.41. The Hall–Kier alpha value is -3.08. The van der Waals surface area contributed by atoms with E-state index in [0.29, 0.717) is 23.7 Å². The third-order valence-electron chi connectivity index (χ3n) is 7.78. The van der Waals surface area contributed by atoms with Gasteiger partial charge in [-0.1, -0.05) is 4.68 Å². The van der Waals surface area contributed by atoms with Crippen LogP contribution in [-0.4, -0.2) is 42.9 Å². The second-order valence-corrected chi connectivity index (χ2v) is 10.3. The molecule has 3 heterocycles. The van der Waals surface area contributed by atoms with E-state index in [-0.39, 0.29) is 18.4 Å². The Labute approximate surface area is 214 Å². The largest absolute Gasteiger partial charge is 0.469 e. The van der Waals surface area contributed by atoms with E-state index in [1.807, 2.05) is 22.5 Å². The Morgan fingerprint density at radius 3 is 2.54 bits per heavy atom. The highest BCUT2D eigenvalue weighted by atomic mass is 19.4. The van der Waals surface area contributed by atoms with Crippen LogP contribution in [0.3, 0.4) is 0 Å². The second-order valence-electron chi connectivity index (χ2n) is 10.3. The number of hydrazone groups is 1. The Morgan fingerprint density at radius 1 is 1.08 bits per heavy atom. The summed E-state index contributed by atoms with van der Waals surface area (Å²) in [4.78, 5) is 3.87. The number of nitrogens with two attached hydrogens (primary N) is 1. The van der Waals surface area contributed by atoms with Gasteiger partial charge < -0.3 is 15.0 Å². The molecule has 2 aliphatic carbocycles. The lowest BCUT2D eigenvalue weighted by molar-refractivity contribution is -0.455. The molecule has 2 fully saturated rings. The van der Waals surface area contributed by atoms with Crippen molar-refractivity contribution in [2.45, 2.75) is 76.1 Å². The first-order valence-corrected chi connectivity index (χ1v) is 12.9. The number of rotatable bonds is 6. The monoisotopic (exact) mass is 516 g/mol. The normalized spacial score (nSPS) is 27.5. The summed E-state index contributed by atoms with van der Waals surface area (Å²) in [6.45, 7) is -0.00420. The Bertz CT molecular complexity index is 1190. The maximum atomic E-state index is 12.9. The highest BCUT2D eigenvalue weighted by molar-refractivity contribution is 5.80. The molecule has 0 aromatic carbocycles. The molecule has 11 heteroatoms. The average molecular weight is 517 g/mol. The summed E-state index contributed by atoms with van der Waals surface area (Å²) in [7, 11) is 1.87.